The highest BCUT2D eigenvalue weighted by Crippen LogP contribution is 2.44. The largest absolute Gasteiger partial charge is 0.508 e. The first-order chi connectivity index (χ1) is 27.4. The summed E-state index contributed by atoms with van der Waals surface area (Å²) in [5.41, 5.74) is 13.2. The van der Waals surface area contributed by atoms with Crippen LogP contribution in [0.5, 0.6) is 11.5 Å². The van der Waals surface area contributed by atoms with Gasteiger partial charge in [0.2, 0.25) is 0 Å². The van der Waals surface area contributed by atoms with Crippen LogP contribution in [0.1, 0.15) is 40.3 Å². The van der Waals surface area contributed by atoms with Crippen LogP contribution in [0.4, 0.5) is 30.7 Å². The van der Waals surface area contributed by atoms with Crippen molar-refractivity contribution in [2.45, 2.75) is 32.6 Å². The zero-order valence-corrected chi connectivity index (χ0v) is 30.7. The molecular weight excluding hydrogens is 769 g/mol. The Morgan fingerprint density at radius 2 is 0.983 bits per heavy atom. The van der Waals surface area contributed by atoms with Gasteiger partial charge in [-0.2, -0.15) is 26.3 Å². The minimum atomic E-state index is -4.70. The molecule has 0 aliphatic rings. The first-order valence-corrected chi connectivity index (χ1v) is 17.3. The number of amidine groups is 2. The monoisotopic (exact) mass is 804 g/mol. The molecule has 0 unspecified atom stereocenters. The van der Waals surface area contributed by atoms with Gasteiger partial charge in [-0.25, -0.2) is 4.39 Å². The number of aromatic hydroxyl groups is 2. The Balaban J connectivity index is 0.000000221. The van der Waals surface area contributed by atoms with Gasteiger partial charge in [0.05, 0.1) is 11.1 Å². The lowest BCUT2D eigenvalue weighted by molar-refractivity contribution is -0.138. The molecule has 0 heterocycles. The summed E-state index contributed by atoms with van der Waals surface area (Å²) in [6, 6.07) is 26.4. The van der Waals surface area contributed by atoms with Crippen molar-refractivity contribution in [3.63, 3.8) is 0 Å². The lowest BCUT2D eigenvalue weighted by Crippen LogP contribution is -2.17. The maximum atomic E-state index is 14.2. The molecule has 0 radical (unpaired) electrons. The van der Waals surface area contributed by atoms with Crippen molar-refractivity contribution in [3.05, 3.63) is 154 Å². The third-order valence-electron chi connectivity index (χ3n) is 9.26. The molecule has 0 aliphatic heterocycles. The van der Waals surface area contributed by atoms with Crippen molar-refractivity contribution < 1.29 is 51.4 Å². The van der Waals surface area contributed by atoms with E-state index >= 15 is 0 Å². The molecule has 0 saturated carbocycles. The number of nitrogens with zero attached hydrogens (tertiary/aromatic N) is 2. The number of hydrogen-bond acceptors (Lipinski definition) is 6. The Morgan fingerprint density at radius 1 is 0.569 bits per heavy atom. The van der Waals surface area contributed by atoms with Crippen molar-refractivity contribution in [2.75, 3.05) is 0 Å². The van der Waals surface area contributed by atoms with Gasteiger partial charge < -0.3 is 32.1 Å². The number of alkyl halides is 6. The van der Waals surface area contributed by atoms with E-state index in [0.717, 1.165) is 29.8 Å². The molecule has 8 nitrogen and oxygen atoms in total. The molecule has 0 aromatic heterocycles. The zero-order valence-electron chi connectivity index (χ0n) is 30.7. The van der Waals surface area contributed by atoms with E-state index in [1.54, 1.807) is 18.2 Å². The Hall–Kier alpha value is -7.03. The van der Waals surface area contributed by atoms with Crippen molar-refractivity contribution in [1.82, 2.24) is 0 Å². The molecule has 58 heavy (non-hydrogen) atoms. The molecule has 6 aromatic rings. The van der Waals surface area contributed by atoms with Gasteiger partial charge in [-0.15, -0.1) is 0 Å². The van der Waals surface area contributed by atoms with Crippen molar-refractivity contribution >= 4 is 11.7 Å². The smallest absolute Gasteiger partial charge is 0.416 e. The fourth-order valence-electron chi connectivity index (χ4n) is 6.39. The first-order valence-electron chi connectivity index (χ1n) is 17.3. The third-order valence-corrected chi connectivity index (χ3v) is 9.26. The van der Waals surface area contributed by atoms with E-state index in [9.17, 15) is 46.2 Å². The van der Waals surface area contributed by atoms with Crippen molar-refractivity contribution in [2.24, 2.45) is 21.8 Å². The van der Waals surface area contributed by atoms with Crippen molar-refractivity contribution in [1.29, 1.82) is 0 Å². The molecule has 300 valence electrons. The quantitative estimate of drug-likeness (QED) is 0.0310. The fraction of sp³-hybridized carbons (Fsp3) is 0.116. The Kier molecular flexibility index (Phi) is 12.3. The third kappa shape index (κ3) is 8.99. The summed E-state index contributed by atoms with van der Waals surface area (Å²) in [7, 11) is 0. The molecule has 0 amide bonds. The predicted molar refractivity (Wildman–Crippen MR) is 207 cm³/mol. The predicted octanol–water partition coefficient (Wildman–Crippen LogP) is 10.7. The number of benzene rings is 6. The molecule has 0 saturated heterocycles. The molecule has 15 heteroatoms. The average Bonchev–Trinajstić information content (AvgIpc) is 3.20. The van der Waals surface area contributed by atoms with E-state index in [0.29, 0.717) is 34.2 Å². The van der Waals surface area contributed by atoms with Crippen LogP contribution < -0.4 is 11.5 Å². The Labute approximate surface area is 327 Å². The zero-order chi connectivity index (χ0) is 42.5. The summed E-state index contributed by atoms with van der Waals surface area (Å²) in [6.45, 7) is 3.42. The van der Waals surface area contributed by atoms with Gasteiger partial charge in [-0.1, -0.05) is 77.9 Å². The van der Waals surface area contributed by atoms with Gasteiger partial charge in [0, 0.05) is 22.3 Å². The average molecular weight is 805 g/mol. The van der Waals surface area contributed by atoms with Crippen LogP contribution in [-0.4, -0.2) is 32.3 Å². The van der Waals surface area contributed by atoms with Crippen LogP contribution >= 0.6 is 0 Å². The second kappa shape index (κ2) is 17.0. The molecule has 0 fully saturated rings. The fourth-order valence-corrected chi connectivity index (χ4v) is 6.39. The number of phenolic OH excluding ortho intramolecular Hbond substituents is 2. The van der Waals surface area contributed by atoms with E-state index in [1.165, 1.54) is 67.6 Å². The highest BCUT2D eigenvalue weighted by Gasteiger charge is 2.35. The molecule has 0 bridgehead atoms. The summed E-state index contributed by atoms with van der Waals surface area (Å²) < 4.78 is 95.6. The number of nitrogens with two attached hydrogens (primary N) is 2. The SMILES string of the molecule is CCc1ccccc1-c1c(C(N)=NO)cc(C(F)(F)F)cc1-c1ccc(O)cc1.Cc1c(F)cccc1-c1c(C(N)=NO)cc(C(F)(F)F)cc1-c1ccc(O)cc1. The van der Waals surface area contributed by atoms with Gasteiger partial charge in [0.25, 0.3) is 0 Å². The summed E-state index contributed by atoms with van der Waals surface area (Å²) in [4.78, 5) is 0. The van der Waals surface area contributed by atoms with Crippen LogP contribution in [0, 0.1) is 12.7 Å². The molecule has 0 aliphatic carbocycles. The molecule has 6 aromatic carbocycles. The van der Waals surface area contributed by atoms with Crippen LogP contribution in [-0.2, 0) is 18.8 Å². The highest BCUT2D eigenvalue weighted by molar-refractivity contribution is 6.08. The Morgan fingerprint density at radius 3 is 1.40 bits per heavy atom. The summed E-state index contributed by atoms with van der Waals surface area (Å²) in [5.74, 6) is -1.59. The van der Waals surface area contributed by atoms with Crippen LogP contribution in [0.3, 0.4) is 0 Å². The molecular formula is C43H35F7N4O4. The van der Waals surface area contributed by atoms with E-state index in [4.69, 9.17) is 16.7 Å². The normalized spacial score (nSPS) is 12.2. The van der Waals surface area contributed by atoms with Gasteiger partial charge in [0.15, 0.2) is 11.7 Å². The number of phenols is 2. The number of halogens is 7. The first kappa shape index (κ1) is 42.1. The van der Waals surface area contributed by atoms with E-state index in [-0.39, 0.29) is 44.9 Å². The van der Waals surface area contributed by atoms with Crippen LogP contribution in [0.2, 0.25) is 0 Å². The lowest BCUT2D eigenvalue weighted by atomic mass is 9.85. The molecule has 6 rings (SSSR count). The van der Waals surface area contributed by atoms with Crippen LogP contribution in [0.15, 0.2) is 126 Å². The standard InChI is InChI=1S/C22H19F3N2O2.C21H16F4N2O2/c1-2-13-5-3-4-6-17(13)20-18(14-7-9-16(28)10-8-14)11-15(22(23,24)25)12-19(20)21(26)27-29;1-11-15(3-2-4-18(11)22)19-16(12-5-7-14(28)8-6-12)9-13(21(23,24)25)10-17(19)20(26)27-29/h3-12,28-29H,2H2,1H3,(H2,26,27);2-10,28-29H,1H3,(H2,26,27). The minimum Gasteiger partial charge on any atom is -0.508 e. The number of oxime groups is 2. The molecule has 0 atom stereocenters. The number of aryl methyl sites for hydroxylation is 1. The van der Waals surface area contributed by atoms with Gasteiger partial charge >= 0.3 is 12.4 Å². The maximum absolute atomic E-state index is 14.2. The minimum absolute atomic E-state index is 0.00658. The number of rotatable bonds is 7. The van der Waals surface area contributed by atoms with Gasteiger partial charge in [-0.3, -0.25) is 0 Å². The van der Waals surface area contributed by atoms with Crippen LogP contribution in [0.25, 0.3) is 44.5 Å². The van der Waals surface area contributed by atoms with E-state index < -0.39 is 41.0 Å². The molecule has 8 N–H and O–H groups in total. The second-order valence-corrected chi connectivity index (χ2v) is 12.9. The maximum Gasteiger partial charge on any atom is 0.416 e. The highest BCUT2D eigenvalue weighted by atomic mass is 19.4. The van der Waals surface area contributed by atoms with Gasteiger partial charge in [0.1, 0.15) is 17.3 Å². The Bertz CT molecular complexity index is 2500. The summed E-state index contributed by atoms with van der Waals surface area (Å²) in [5, 5.41) is 43.3. The summed E-state index contributed by atoms with van der Waals surface area (Å²) >= 11 is 0. The summed E-state index contributed by atoms with van der Waals surface area (Å²) in [6.07, 6.45) is -8.69. The van der Waals surface area contributed by atoms with E-state index in [2.05, 4.69) is 10.3 Å². The van der Waals surface area contributed by atoms with Gasteiger partial charge in [-0.05, 0) is 112 Å². The van der Waals surface area contributed by atoms with Crippen molar-refractivity contribution in [3.8, 4) is 56.0 Å². The lowest BCUT2D eigenvalue weighted by Gasteiger charge is -2.20. The topological polar surface area (TPSA) is 158 Å². The van der Waals surface area contributed by atoms with E-state index in [1.807, 2.05) is 19.1 Å². The molecule has 0 spiro atoms. The number of hydrogen-bond donors (Lipinski definition) is 6. The second-order valence-electron chi connectivity index (χ2n) is 12.9.